The summed E-state index contributed by atoms with van der Waals surface area (Å²) in [5.41, 5.74) is 2.52. The lowest BCUT2D eigenvalue weighted by Gasteiger charge is -2.26. The molecule has 2 rings (SSSR count). The molecule has 0 saturated carbocycles. The van der Waals surface area contributed by atoms with Crippen molar-refractivity contribution in [3.8, 4) is 0 Å². The fraction of sp³-hybridized carbons (Fsp3) is 0.455. The molecule has 2 aromatic carbocycles. The fourth-order valence-electron chi connectivity index (χ4n) is 3.65. The van der Waals surface area contributed by atoms with E-state index in [1.54, 1.807) is 0 Å². The maximum Gasteiger partial charge on any atom is 0.833 e. The van der Waals surface area contributed by atoms with Crippen LogP contribution >= 0.6 is 0 Å². The van der Waals surface area contributed by atoms with Crippen LogP contribution in [0.2, 0.25) is 38.3 Å². The van der Waals surface area contributed by atoms with Crippen molar-refractivity contribution in [3.05, 3.63) is 71.8 Å². The van der Waals surface area contributed by atoms with Crippen molar-refractivity contribution < 1.29 is 22.8 Å². The predicted molar refractivity (Wildman–Crippen MR) is 125 cm³/mol. The number of rotatable bonds is 12. The molecule has 2 unspecified atom stereocenters. The van der Waals surface area contributed by atoms with Gasteiger partial charge in [0.15, 0.2) is 0 Å². The summed E-state index contributed by atoms with van der Waals surface area (Å²) >= 11 is 0. The Kier molecular flexibility index (Phi) is 9.17. The van der Waals surface area contributed by atoms with E-state index in [2.05, 4.69) is 38.1 Å². The monoisotopic (exact) mass is 462 g/mol. The van der Waals surface area contributed by atoms with Crippen molar-refractivity contribution in [2.75, 3.05) is 0 Å². The Morgan fingerprint density at radius 2 is 1.03 bits per heavy atom. The van der Waals surface area contributed by atoms with Crippen LogP contribution in [0, 0.1) is 0 Å². The average molecular weight is 463 g/mol. The van der Waals surface area contributed by atoms with Gasteiger partial charge in [0.2, 0.25) is 16.6 Å². The van der Waals surface area contributed by atoms with Crippen LogP contribution in [0.1, 0.15) is 36.8 Å². The molecule has 0 aromatic heterocycles. The first-order chi connectivity index (χ1) is 14.1. The molecule has 164 valence electrons. The first-order valence-corrected chi connectivity index (χ1v) is 17.9. The number of benzene rings is 2. The van der Waals surface area contributed by atoms with E-state index >= 15 is 0 Å². The van der Waals surface area contributed by atoms with E-state index in [-0.39, 0.29) is 0 Å². The summed E-state index contributed by atoms with van der Waals surface area (Å²) in [6.45, 7) is 12.5. The van der Waals surface area contributed by atoms with E-state index in [1.807, 2.05) is 62.6 Å². The van der Waals surface area contributed by atoms with E-state index in [4.69, 9.17) is 18.3 Å². The van der Waals surface area contributed by atoms with Crippen LogP contribution in [0.5, 0.6) is 0 Å². The van der Waals surface area contributed by atoms with Gasteiger partial charge < -0.3 is 9.15 Å². The third-order valence-corrected chi connectivity index (χ3v) is 10.0. The second-order valence-electron chi connectivity index (χ2n) is 9.13. The smallest absolute Gasteiger partial charge is 0.339 e. The summed E-state index contributed by atoms with van der Waals surface area (Å²) in [5, 5.41) is 0. The molecular formula is C22H34O5Si3. The largest absolute Gasteiger partial charge is 0.833 e. The van der Waals surface area contributed by atoms with Gasteiger partial charge >= 0.3 is 9.17 Å². The molecule has 0 aliphatic heterocycles. The van der Waals surface area contributed by atoms with Crippen molar-refractivity contribution in [1.29, 1.82) is 0 Å². The Morgan fingerprint density at radius 3 is 1.37 bits per heavy atom. The molecule has 2 atom stereocenters. The maximum atomic E-state index is 12.2. The SMILES string of the molecule is CC(C[Si](C)(C)OO[Si](=O)OO[Si](C)(C)CC(C)c1ccccc1)c1ccccc1. The number of hydrogen-bond acceptors (Lipinski definition) is 5. The first-order valence-electron chi connectivity index (χ1n) is 10.4. The average Bonchev–Trinajstić information content (AvgIpc) is 2.71. The Bertz CT molecular complexity index is 718. The van der Waals surface area contributed by atoms with Crippen molar-refractivity contribution in [2.24, 2.45) is 0 Å². The predicted octanol–water partition coefficient (Wildman–Crippen LogP) is 6.32. The summed E-state index contributed by atoms with van der Waals surface area (Å²) in [6.07, 6.45) is 0. The summed E-state index contributed by atoms with van der Waals surface area (Å²) in [4.78, 5) is 0. The third kappa shape index (κ3) is 8.65. The minimum absolute atomic E-state index is 0.335. The van der Waals surface area contributed by atoms with E-state index in [1.165, 1.54) is 11.1 Å². The van der Waals surface area contributed by atoms with Crippen LogP contribution in [0.3, 0.4) is 0 Å². The molecule has 0 fully saturated rings. The maximum absolute atomic E-state index is 12.2. The zero-order valence-electron chi connectivity index (χ0n) is 18.9. The Hall–Kier alpha value is -1.59. The highest BCUT2D eigenvalue weighted by Crippen LogP contribution is 2.28. The number of hydrogen-bond donors (Lipinski definition) is 0. The van der Waals surface area contributed by atoms with Crippen molar-refractivity contribution in [3.63, 3.8) is 0 Å². The molecule has 0 spiro atoms. The molecule has 0 aliphatic carbocycles. The summed E-state index contributed by atoms with van der Waals surface area (Å²) in [7, 11) is -7.24. The summed E-state index contributed by atoms with van der Waals surface area (Å²) in [6, 6.07) is 22.3. The molecule has 2 aromatic rings. The molecule has 0 radical (unpaired) electrons. The molecule has 0 bridgehead atoms. The van der Waals surface area contributed by atoms with Crippen LogP contribution in [0.25, 0.3) is 0 Å². The molecule has 0 saturated heterocycles. The Labute approximate surface area is 184 Å². The van der Waals surface area contributed by atoms with Gasteiger partial charge in [0.05, 0.1) is 0 Å². The van der Waals surface area contributed by atoms with Crippen molar-refractivity contribution in [2.45, 2.75) is 64.0 Å². The van der Waals surface area contributed by atoms with E-state index in [0.717, 1.165) is 12.1 Å². The topological polar surface area (TPSA) is 54.0 Å². The quantitative estimate of drug-likeness (QED) is 0.210. The highest BCUT2D eigenvalue weighted by Gasteiger charge is 2.34. The lowest BCUT2D eigenvalue weighted by Crippen LogP contribution is -2.36. The van der Waals surface area contributed by atoms with E-state index in [9.17, 15) is 4.46 Å². The van der Waals surface area contributed by atoms with Gasteiger partial charge in [-0.1, -0.05) is 74.5 Å². The van der Waals surface area contributed by atoms with Gasteiger partial charge in [-0.2, -0.15) is 0 Å². The standard InChI is InChI=1S/C22H34O5Si3/c1-19(21-13-9-7-10-14-21)17-29(3,4)26-24-28(23)25-27-30(5,6)18-20(2)22-15-11-8-12-16-22/h7-16,19-20H,17-18H2,1-6H3. The van der Waals surface area contributed by atoms with Crippen LogP contribution < -0.4 is 0 Å². The molecule has 8 heteroatoms. The zero-order chi connectivity index (χ0) is 22.2. The molecule has 5 nitrogen and oxygen atoms in total. The van der Waals surface area contributed by atoms with Crippen LogP contribution in [0.15, 0.2) is 60.7 Å². The van der Waals surface area contributed by atoms with E-state index in [0.29, 0.717) is 11.8 Å². The van der Waals surface area contributed by atoms with Gasteiger partial charge in [-0.05, 0) is 61.2 Å². The fourth-order valence-corrected chi connectivity index (χ4v) is 9.58. The highest BCUT2D eigenvalue weighted by atomic mass is 28.4. The first kappa shape index (κ1) is 24.7. The minimum Gasteiger partial charge on any atom is -0.339 e. The Balaban J connectivity index is 1.76. The molecule has 0 aliphatic rings. The van der Waals surface area contributed by atoms with Crippen LogP contribution in [-0.4, -0.2) is 25.8 Å². The van der Waals surface area contributed by atoms with Crippen LogP contribution in [-0.2, 0) is 22.8 Å². The Morgan fingerprint density at radius 1 is 0.700 bits per heavy atom. The van der Waals surface area contributed by atoms with Crippen molar-refractivity contribution >= 4 is 25.8 Å². The third-order valence-electron chi connectivity index (χ3n) is 5.00. The second kappa shape index (κ2) is 11.1. The van der Waals surface area contributed by atoms with Gasteiger partial charge in [0.25, 0.3) is 0 Å². The van der Waals surface area contributed by atoms with Gasteiger partial charge in [-0.25, -0.2) is 0 Å². The normalized spacial score (nSPS) is 14.1. The lowest BCUT2D eigenvalue weighted by atomic mass is 10.0. The van der Waals surface area contributed by atoms with Gasteiger partial charge in [0.1, 0.15) is 0 Å². The van der Waals surface area contributed by atoms with Gasteiger partial charge in [0, 0.05) is 0 Å². The highest BCUT2D eigenvalue weighted by molar-refractivity contribution is 6.71. The lowest BCUT2D eigenvalue weighted by molar-refractivity contribution is -0.206. The molecule has 0 amide bonds. The molecule has 0 N–H and O–H groups in total. The molecular weight excluding hydrogens is 428 g/mol. The summed E-state index contributed by atoms with van der Waals surface area (Å²) in [5.74, 6) is 0.670. The second-order valence-corrected chi connectivity index (χ2v) is 18.2. The molecule has 0 heterocycles. The minimum atomic E-state index is -2.88. The van der Waals surface area contributed by atoms with E-state index < -0.39 is 25.8 Å². The van der Waals surface area contributed by atoms with Gasteiger partial charge in [-0.3, -0.25) is 13.6 Å². The van der Waals surface area contributed by atoms with Crippen molar-refractivity contribution in [1.82, 2.24) is 0 Å². The molecule has 30 heavy (non-hydrogen) atoms. The zero-order valence-corrected chi connectivity index (χ0v) is 21.9. The van der Waals surface area contributed by atoms with Gasteiger partial charge in [-0.15, -0.1) is 0 Å². The van der Waals surface area contributed by atoms with Crippen LogP contribution in [0.4, 0.5) is 0 Å². The summed E-state index contributed by atoms with van der Waals surface area (Å²) < 4.78 is 33.6.